The molecule has 2 heterocycles. The van der Waals surface area contributed by atoms with Gasteiger partial charge in [0.25, 0.3) is 0 Å². The van der Waals surface area contributed by atoms with E-state index in [0.29, 0.717) is 0 Å². The molecule has 0 unspecified atom stereocenters. The fourth-order valence-electron chi connectivity index (χ4n) is 2.92. The molecule has 0 saturated carbocycles. The smallest absolute Gasteiger partial charge is 0.410 e. The maximum Gasteiger partial charge on any atom is 0.410 e. The van der Waals surface area contributed by atoms with E-state index in [1.165, 1.54) is 0 Å². The van der Waals surface area contributed by atoms with Gasteiger partial charge in [-0.2, -0.15) is 0 Å². The Kier molecular flexibility index (Phi) is 3.77. The number of amides is 1. The molecule has 4 nitrogen and oxygen atoms in total. The number of carbonyl (C=O) groups excluding carboxylic acids is 1. The number of pyridine rings is 1. The van der Waals surface area contributed by atoms with Crippen LogP contribution in [-0.4, -0.2) is 28.1 Å². The molecule has 1 amide bonds. The topological polar surface area (TPSA) is 42.4 Å². The van der Waals surface area contributed by atoms with Gasteiger partial charge in [0.1, 0.15) is 5.60 Å². The van der Waals surface area contributed by atoms with Crippen molar-refractivity contribution < 1.29 is 9.53 Å². The van der Waals surface area contributed by atoms with Crippen LogP contribution in [0.3, 0.4) is 0 Å². The number of benzene rings is 1. The van der Waals surface area contributed by atoms with Gasteiger partial charge in [-0.1, -0.05) is 18.2 Å². The summed E-state index contributed by atoms with van der Waals surface area (Å²) in [5.74, 6) is 0. The largest absolute Gasteiger partial charge is 0.444 e. The molecule has 3 rings (SSSR count). The number of ether oxygens (including phenoxy) is 1. The van der Waals surface area contributed by atoms with Crippen LogP contribution in [0.4, 0.5) is 4.79 Å². The minimum Gasteiger partial charge on any atom is -0.444 e. The molecule has 22 heavy (non-hydrogen) atoms. The summed E-state index contributed by atoms with van der Waals surface area (Å²) >= 11 is 0. The maximum atomic E-state index is 12.4. The zero-order valence-corrected chi connectivity index (χ0v) is 13.4. The van der Waals surface area contributed by atoms with Crippen molar-refractivity contribution in [1.82, 2.24) is 9.88 Å². The van der Waals surface area contributed by atoms with Gasteiger partial charge in [-0.15, -0.1) is 0 Å². The van der Waals surface area contributed by atoms with Crippen LogP contribution in [0.5, 0.6) is 0 Å². The number of likely N-dealkylation sites (tertiary alicyclic amines) is 1. The van der Waals surface area contributed by atoms with Crippen LogP contribution in [0.25, 0.3) is 10.9 Å². The van der Waals surface area contributed by atoms with E-state index < -0.39 is 5.60 Å². The van der Waals surface area contributed by atoms with E-state index in [1.807, 2.05) is 50.1 Å². The highest BCUT2D eigenvalue weighted by atomic mass is 16.6. The Bertz CT molecular complexity index is 691. The second-order valence-corrected chi connectivity index (χ2v) is 6.79. The molecule has 1 saturated heterocycles. The molecule has 1 aliphatic rings. The molecule has 116 valence electrons. The zero-order valence-electron chi connectivity index (χ0n) is 13.4. The van der Waals surface area contributed by atoms with Crippen molar-refractivity contribution in [3.8, 4) is 0 Å². The number of nitrogens with zero attached hydrogens (tertiary/aromatic N) is 2. The lowest BCUT2D eigenvalue weighted by Crippen LogP contribution is -2.36. The molecule has 0 radical (unpaired) electrons. The number of rotatable bonds is 1. The summed E-state index contributed by atoms with van der Waals surface area (Å²) < 4.78 is 5.53. The maximum absolute atomic E-state index is 12.4. The highest BCUT2D eigenvalue weighted by molar-refractivity contribution is 5.79. The van der Waals surface area contributed by atoms with Crippen molar-refractivity contribution in [2.24, 2.45) is 0 Å². The number of aromatic nitrogens is 1. The van der Waals surface area contributed by atoms with E-state index in [-0.39, 0.29) is 12.1 Å². The van der Waals surface area contributed by atoms with E-state index in [0.717, 1.165) is 35.9 Å². The first-order chi connectivity index (χ1) is 10.4. The van der Waals surface area contributed by atoms with Crippen molar-refractivity contribution >= 4 is 17.0 Å². The van der Waals surface area contributed by atoms with Crippen LogP contribution < -0.4 is 0 Å². The predicted octanol–water partition coefficient (Wildman–Crippen LogP) is 4.31. The van der Waals surface area contributed by atoms with Gasteiger partial charge in [-0.05, 0) is 51.3 Å². The Morgan fingerprint density at radius 1 is 1.32 bits per heavy atom. The SMILES string of the molecule is CC(C)(C)OC(=O)N1CCC[C@@H]1c1cnc2ccccc2c1. The average Bonchev–Trinajstić information content (AvgIpc) is 2.94. The van der Waals surface area contributed by atoms with Crippen molar-refractivity contribution in [3.63, 3.8) is 0 Å². The molecular weight excluding hydrogens is 276 g/mol. The standard InChI is InChI=1S/C18H22N2O2/c1-18(2,3)22-17(21)20-10-6-9-16(20)14-11-13-7-4-5-8-15(13)19-12-14/h4-5,7-8,11-12,16H,6,9-10H2,1-3H3/t16-/m1/s1. The molecule has 1 atom stereocenters. The van der Waals surface area contributed by atoms with E-state index in [1.54, 1.807) is 0 Å². The number of hydrogen-bond donors (Lipinski definition) is 0. The lowest BCUT2D eigenvalue weighted by Gasteiger charge is -2.28. The second kappa shape index (κ2) is 5.59. The fraction of sp³-hybridized carbons (Fsp3) is 0.444. The summed E-state index contributed by atoms with van der Waals surface area (Å²) in [6, 6.07) is 10.2. The van der Waals surface area contributed by atoms with Gasteiger partial charge in [0.05, 0.1) is 11.6 Å². The third kappa shape index (κ3) is 3.06. The molecule has 1 aliphatic heterocycles. The third-order valence-electron chi connectivity index (χ3n) is 3.88. The number of carbonyl (C=O) groups is 1. The van der Waals surface area contributed by atoms with E-state index >= 15 is 0 Å². The minimum absolute atomic E-state index is 0.0620. The highest BCUT2D eigenvalue weighted by Crippen LogP contribution is 2.33. The van der Waals surface area contributed by atoms with Crippen molar-refractivity contribution in [1.29, 1.82) is 0 Å². The quantitative estimate of drug-likeness (QED) is 0.788. The highest BCUT2D eigenvalue weighted by Gasteiger charge is 2.33. The van der Waals surface area contributed by atoms with E-state index in [9.17, 15) is 4.79 Å². The number of fused-ring (bicyclic) bond motifs is 1. The van der Waals surface area contributed by atoms with Crippen LogP contribution in [0.1, 0.15) is 45.2 Å². The molecule has 1 aromatic heterocycles. The number of para-hydroxylation sites is 1. The van der Waals surface area contributed by atoms with Gasteiger partial charge in [-0.25, -0.2) is 4.79 Å². The molecule has 0 N–H and O–H groups in total. The van der Waals surface area contributed by atoms with Crippen LogP contribution in [-0.2, 0) is 4.74 Å². The summed E-state index contributed by atoms with van der Waals surface area (Å²) in [4.78, 5) is 18.7. The first kappa shape index (κ1) is 14.8. The zero-order chi connectivity index (χ0) is 15.7. The van der Waals surface area contributed by atoms with Gasteiger partial charge in [0.15, 0.2) is 0 Å². The molecular formula is C18H22N2O2. The Balaban J connectivity index is 1.86. The lowest BCUT2D eigenvalue weighted by atomic mass is 10.0. The molecule has 0 aliphatic carbocycles. The van der Waals surface area contributed by atoms with Gasteiger partial charge in [0, 0.05) is 18.1 Å². The first-order valence-electron chi connectivity index (χ1n) is 7.78. The van der Waals surface area contributed by atoms with Gasteiger partial charge in [-0.3, -0.25) is 4.98 Å². The molecule has 1 aromatic carbocycles. The Labute approximate surface area is 131 Å². The lowest BCUT2D eigenvalue weighted by molar-refractivity contribution is 0.0224. The number of hydrogen-bond acceptors (Lipinski definition) is 3. The van der Waals surface area contributed by atoms with Gasteiger partial charge >= 0.3 is 6.09 Å². The summed E-state index contributed by atoms with van der Waals surface area (Å²) in [5, 5.41) is 1.11. The molecule has 0 bridgehead atoms. The third-order valence-corrected chi connectivity index (χ3v) is 3.88. The van der Waals surface area contributed by atoms with Crippen LogP contribution in [0, 0.1) is 0 Å². The molecule has 4 heteroatoms. The molecule has 0 spiro atoms. The van der Waals surface area contributed by atoms with Crippen LogP contribution in [0.15, 0.2) is 36.5 Å². The molecule has 1 fully saturated rings. The van der Waals surface area contributed by atoms with Crippen molar-refractivity contribution in [3.05, 3.63) is 42.1 Å². The fourth-order valence-corrected chi connectivity index (χ4v) is 2.92. The van der Waals surface area contributed by atoms with Gasteiger partial charge in [0.2, 0.25) is 0 Å². The van der Waals surface area contributed by atoms with Crippen LogP contribution >= 0.6 is 0 Å². The average molecular weight is 298 g/mol. The summed E-state index contributed by atoms with van der Waals surface area (Å²) in [6.45, 7) is 6.43. The first-order valence-corrected chi connectivity index (χ1v) is 7.78. The Morgan fingerprint density at radius 2 is 2.09 bits per heavy atom. The monoisotopic (exact) mass is 298 g/mol. The summed E-state index contributed by atoms with van der Waals surface area (Å²) in [6.07, 6.45) is 3.61. The van der Waals surface area contributed by atoms with Crippen molar-refractivity contribution in [2.45, 2.75) is 45.3 Å². The Hall–Kier alpha value is -2.10. The normalized spacial score (nSPS) is 18.7. The van der Waals surface area contributed by atoms with Gasteiger partial charge < -0.3 is 9.64 Å². The van der Waals surface area contributed by atoms with E-state index in [2.05, 4.69) is 17.1 Å². The summed E-state index contributed by atoms with van der Waals surface area (Å²) in [7, 11) is 0. The second-order valence-electron chi connectivity index (χ2n) is 6.79. The minimum atomic E-state index is -0.466. The Morgan fingerprint density at radius 3 is 2.86 bits per heavy atom. The predicted molar refractivity (Wildman–Crippen MR) is 86.7 cm³/mol. The van der Waals surface area contributed by atoms with Crippen molar-refractivity contribution in [2.75, 3.05) is 6.54 Å². The van der Waals surface area contributed by atoms with E-state index in [4.69, 9.17) is 4.74 Å². The molecule has 2 aromatic rings. The van der Waals surface area contributed by atoms with Crippen LogP contribution in [0.2, 0.25) is 0 Å². The summed E-state index contributed by atoms with van der Waals surface area (Å²) in [5.41, 5.74) is 1.60.